The fraction of sp³-hybridized carbons (Fsp3) is 0.500. The van der Waals surface area contributed by atoms with Crippen molar-refractivity contribution in [1.82, 2.24) is 0 Å². The lowest BCUT2D eigenvalue weighted by Gasteiger charge is -2.12. The van der Waals surface area contributed by atoms with E-state index in [9.17, 15) is 8.78 Å². The number of alkyl halides is 2. The largest absolute Gasteiger partial charge is 0.324 e. The summed E-state index contributed by atoms with van der Waals surface area (Å²) < 4.78 is 24.8. The summed E-state index contributed by atoms with van der Waals surface area (Å²) in [4.78, 5) is 0. The molecule has 0 aliphatic rings. The molecule has 0 heterocycles. The number of rotatable bonds is 5. The normalized spacial score (nSPS) is 13.1. The van der Waals surface area contributed by atoms with E-state index in [-0.39, 0.29) is 11.6 Å². The zero-order valence-corrected chi connectivity index (χ0v) is 8.92. The van der Waals surface area contributed by atoms with Crippen molar-refractivity contribution in [2.45, 2.75) is 38.7 Å². The van der Waals surface area contributed by atoms with E-state index in [1.165, 1.54) is 12.1 Å². The van der Waals surface area contributed by atoms with Gasteiger partial charge >= 0.3 is 0 Å². The number of halogens is 2. The molecule has 84 valence electrons. The van der Waals surface area contributed by atoms with Gasteiger partial charge in [0.15, 0.2) is 0 Å². The van der Waals surface area contributed by atoms with Crippen LogP contribution in [0, 0.1) is 0 Å². The zero-order valence-electron chi connectivity index (χ0n) is 8.92. The molecule has 1 nitrogen and oxygen atoms in total. The maximum atomic E-state index is 12.4. The molecule has 0 radical (unpaired) electrons. The molecule has 0 fully saturated rings. The van der Waals surface area contributed by atoms with Crippen LogP contribution >= 0.6 is 0 Å². The van der Waals surface area contributed by atoms with E-state index in [1.807, 2.05) is 6.07 Å². The molecule has 15 heavy (non-hydrogen) atoms. The third-order valence-electron chi connectivity index (χ3n) is 2.46. The van der Waals surface area contributed by atoms with Crippen LogP contribution in [0.4, 0.5) is 8.78 Å². The predicted octanol–water partition coefficient (Wildman–Crippen LogP) is 3.81. The van der Waals surface area contributed by atoms with Gasteiger partial charge in [0.2, 0.25) is 0 Å². The third kappa shape index (κ3) is 3.59. The highest BCUT2D eigenvalue weighted by molar-refractivity contribution is 5.26. The van der Waals surface area contributed by atoms with Crippen LogP contribution in [0.25, 0.3) is 0 Å². The summed E-state index contributed by atoms with van der Waals surface area (Å²) >= 11 is 0. The number of hydrogen-bond acceptors (Lipinski definition) is 1. The summed E-state index contributed by atoms with van der Waals surface area (Å²) in [5, 5.41) is 0. The highest BCUT2D eigenvalue weighted by Crippen LogP contribution is 2.23. The van der Waals surface area contributed by atoms with Gasteiger partial charge in [0.1, 0.15) is 0 Å². The zero-order chi connectivity index (χ0) is 11.3. The second-order valence-electron chi connectivity index (χ2n) is 3.72. The standard InChI is InChI=1S/C12H17F2N/c1-2-3-7-11(15)9-5-4-6-10(8-9)12(13)14/h4-6,8,11-12H,2-3,7,15H2,1H3. The van der Waals surface area contributed by atoms with Gasteiger partial charge in [0.25, 0.3) is 6.43 Å². The van der Waals surface area contributed by atoms with Crippen LogP contribution in [0.2, 0.25) is 0 Å². The van der Waals surface area contributed by atoms with Crippen LogP contribution in [0.15, 0.2) is 24.3 Å². The van der Waals surface area contributed by atoms with Crippen LogP contribution < -0.4 is 5.73 Å². The quantitative estimate of drug-likeness (QED) is 0.790. The average Bonchev–Trinajstić information content (AvgIpc) is 2.26. The topological polar surface area (TPSA) is 26.0 Å². The molecule has 0 bridgehead atoms. The Morgan fingerprint density at radius 2 is 1.93 bits per heavy atom. The van der Waals surface area contributed by atoms with Crippen molar-refractivity contribution < 1.29 is 8.78 Å². The minimum absolute atomic E-state index is 0.0550. The number of unbranched alkanes of at least 4 members (excludes halogenated alkanes) is 1. The lowest BCUT2D eigenvalue weighted by Crippen LogP contribution is -2.10. The molecule has 0 spiro atoms. The van der Waals surface area contributed by atoms with Gasteiger partial charge in [-0.2, -0.15) is 0 Å². The number of nitrogens with two attached hydrogens (primary N) is 1. The Balaban J connectivity index is 2.71. The first-order chi connectivity index (χ1) is 7.15. The predicted molar refractivity (Wildman–Crippen MR) is 57.9 cm³/mol. The van der Waals surface area contributed by atoms with Gasteiger partial charge < -0.3 is 5.73 Å². The molecule has 0 aliphatic carbocycles. The van der Waals surface area contributed by atoms with Crippen molar-refractivity contribution in [3.8, 4) is 0 Å². The molecule has 0 amide bonds. The Morgan fingerprint density at radius 3 is 2.53 bits per heavy atom. The fourth-order valence-corrected chi connectivity index (χ4v) is 1.52. The van der Waals surface area contributed by atoms with Gasteiger partial charge in [-0.25, -0.2) is 8.78 Å². The van der Waals surface area contributed by atoms with Crippen LogP contribution in [0.3, 0.4) is 0 Å². The van der Waals surface area contributed by atoms with Gasteiger partial charge in [0.05, 0.1) is 0 Å². The highest BCUT2D eigenvalue weighted by atomic mass is 19.3. The number of benzene rings is 1. The highest BCUT2D eigenvalue weighted by Gasteiger charge is 2.10. The third-order valence-corrected chi connectivity index (χ3v) is 2.46. The van der Waals surface area contributed by atoms with Gasteiger partial charge in [-0.3, -0.25) is 0 Å². The summed E-state index contributed by atoms with van der Waals surface area (Å²) in [5.41, 5.74) is 6.77. The van der Waals surface area contributed by atoms with Crippen molar-refractivity contribution in [3.63, 3.8) is 0 Å². The SMILES string of the molecule is CCCCC(N)c1cccc(C(F)F)c1. The Kier molecular flexibility index (Phi) is 4.69. The van der Waals surface area contributed by atoms with E-state index in [1.54, 1.807) is 6.07 Å². The maximum absolute atomic E-state index is 12.4. The second-order valence-corrected chi connectivity index (χ2v) is 3.72. The molecule has 1 aromatic rings. The monoisotopic (exact) mass is 213 g/mol. The van der Waals surface area contributed by atoms with Gasteiger partial charge in [-0.05, 0) is 18.1 Å². The summed E-state index contributed by atoms with van der Waals surface area (Å²) in [5.74, 6) is 0. The van der Waals surface area contributed by atoms with Crippen LogP contribution in [-0.4, -0.2) is 0 Å². The van der Waals surface area contributed by atoms with E-state index in [0.717, 1.165) is 24.8 Å². The Hall–Kier alpha value is -0.960. The van der Waals surface area contributed by atoms with Crippen molar-refractivity contribution in [3.05, 3.63) is 35.4 Å². The van der Waals surface area contributed by atoms with E-state index in [2.05, 4.69) is 6.92 Å². The van der Waals surface area contributed by atoms with E-state index in [0.29, 0.717) is 0 Å². The summed E-state index contributed by atoms with van der Waals surface area (Å²) in [6.45, 7) is 2.09. The molecule has 2 N–H and O–H groups in total. The van der Waals surface area contributed by atoms with Crippen LogP contribution in [-0.2, 0) is 0 Å². The molecule has 0 saturated carbocycles. The molecule has 0 aromatic heterocycles. The minimum Gasteiger partial charge on any atom is -0.324 e. The first-order valence-corrected chi connectivity index (χ1v) is 5.28. The molecule has 1 atom stereocenters. The molecule has 1 unspecified atom stereocenters. The molecular formula is C12H17F2N. The van der Waals surface area contributed by atoms with E-state index >= 15 is 0 Å². The fourth-order valence-electron chi connectivity index (χ4n) is 1.52. The minimum atomic E-state index is -2.41. The maximum Gasteiger partial charge on any atom is 0.263 e. The van der Waals surface area contributed by atoms with E-state index < -0.39 is 6.43 Å². The number of hydrogen-bond donors (Lipinski definition) is 1. The summed E-state index contributed by atoms with van der Waals surface area (Å²) in [7, 11) is 0. The van der Waals surface area contributed by atoms with Crippen molar-refractivity contribution in [2.75, 3.05) is 0 Å². The van der Waals surface area contributed by atoms with Crippen molar-refractivity contribution in [1.29, 1.82) is 0 Å². The van der Waals surface area contributed by atoms with E-state index in [4.69, 9.17) is 5.73 Å². The Bertz CT molecular complexity index is 299. The summed E-state index contributed by atoms with van der Waals surface area (Å²) in [6, 6.07) is 6.27. The molecular weight excluding hydrogens is 196 g/mol. The van der Waals surface area contributed by atoms with Crippen LogP contribution in [0.5, 0.6) is 0 Å². The van der Waals surface area contributed by atoms with Gasteiger partial charge in [-0.15, -0.1) is 0 Å². The van der Waals surface area contributed by atoms with Gasteiger partial charge in [0, 0.05) is 11.6 Å². The van der Waals surface area contributed by atoms with Crippen molar-refractivity contribution in [2.24, 2.45) is 5.73 Å². The molecule has 0 saturated heterocycles. The lowest BCUT2D eigenvalue weighted by atomic mass is 10.0. The molecule has 1 rings (SSSR count). The smallest absolute Gasteiger partial charge is 0.263 e. The molecule has 3 heteroatoms. The Labute approximate surface area is 89.3 Å². The molecule has 1 aromatic carbocycles. The average molecular weight is 213 g/mol. The second kappa shape index (κ2) is 5.81. The lowest BCUT2D eigenvalue weighted by molar-refractivity contribution is 0.151. The Morgan fingerprint density at radius 1 is 1.27 bits per heavy atom. The van der Waals surface area contributed by atoms with Crippen molar-refractivity contribution >= 4 is 0 Å². The van der Waals surface area contributed by atoms with Gasteiger partial charge in [-0.1, -0.05) is 38.0 Å². The first kappa shape index (κ1) is 12.1. The van der Waals surface area contributed by atoms with Crippen LogP contribution in [0.1, 0.15) is 49.8 Å². The first-order valence-electron chi connectivity index (χ1n) is 5.28. The molecule has 0 aliphatic heterocycles. The summed E-state index contributed by atoms with van der Waals surface area (Å²) in [6.07, 6.45) is 0.536.